The van der Waals surface area contributed by atoms with E-state index in [-0.39, 0.29) is 6.04 Å². The molecule has 1 atom stereocenters. The van der Waals surface area contributed by atoms with E-state index in [1.807, 2.05) is 6.07 Å². The van der Waals surface area contributed by atoms with Gasteiger partial charge in [-0.05, 0) is 23.6 Å². The summed E-state index contributed by atoms with van der Waals surface area (Å²) in [6, 6.07) is 10.3. The molecule has 0 radical (unpaired) electrons. The molecule has 2 rings (SSSR count). The molecule has 1 heterocycles. The first-order valence-corrected chi connectivity index (χ1v) is 5.65. The first-order chi connectivity index (χ1) is 7.81. The highest BCUT2D eigenvalue weighted by molar-refractivity contribution is 5.29. The van der Waals surface area contributed by atoms with Gasteiger partial charge in [0.05, 0.1) is 11.7 Å². The van der Waals surface area contributed by atoms with Crippen LogP contribution in [0.15, 0.2) is 36.5 Å². The molecular weight excluding hydrogens is 198 g/mol. The smallest absolute Gasteiger partial charge is 0.0720 e. The molecule has 3 heteroatoms. The molecule has 84 valence electrons. The van der Waals surface area contributed by atoms with Crippen molar-refractivity contribution in [3.8, 4) is 0 Å². The Kier molecular flexibility index (Phi) is 3.37. The molecule has 0 spiro atoms. The van der Waals surface area contributed by atoms with Crippen molar-refractivity contribution in [1.82, 2.24) is 10.2 Å². The minimum absolute atomic E-state index is 0.113. The molecular formula is C13H17N3. The number of hydrogen-bond donors (Lipinski definition) is 2. The fourth-order valence-electron chi connectivity index (χ4n) is 1.80. The molecule has 0 aliphatic carbocycles. The van der Waals surface area contributed by atoms with Gasteiger partial charge in [0.15, 0.2) is 0 Å². The first-order valence-electron chi connectivity index (χ1n) is 5.65. The Hall–Kier alpha value is -1.61. The van der Waals surface area contributed by atoms with Crippen LogP contribution in [0.2, 0.25) is 0 Å². The molecule has 3 nitrogen and oxygen atoms in total. The van der Waals surface area contributed by atoms with Gasteiger partial charge in [-0.1, -0.05) is 37.6 Å². The number of H-pyrrole nitrogens is 1. The maximum absolute atomic E-state index is 6.11. The minimum atomic E-state index is -0.113. The zero-order chi connectivity index (χ0) is 11.4. The third kappa shape index (κ3) is 2.31. The van der Waals surface area contributed by atoms with Gasteiger partial charge in [0, 0.05) is 6.20 Å². The van der Waals surface area contributed by atoms with Crippen LogP contribution in [0.3, 0.4) is 0 Å². The summed E-state index contributed by atoms with van der Waals surface area (Å²) in [6.45, 7) is 2.18. The predicted octanol–water partition coefficient (Wildman–Crippen LogP) is 2.41. The molecule has 0 amide bonds. The van der Waals surface area contributed by atoms with Gasteiger partial charge in [0.25, 0.3) is 0 Å². The summed E-state index contributed by atoms with van der Waals surface area (Å²) in [5.74, 6) is 0. The van der Waals surface area contributed by atoms with E-state index in [1.165, 1.54) is 12.0 Å². The van der Waals surface area contributed by atoms with E-state index in [2.05, 4.69) is 41.4 Å². The molecule has 0 fully saturated rings. The van der Waals surface area contributed by atoms with Crippen molar-refractivity contribution in [3.05, 3.63) is 53.3 Å². The van der Waals surface area contributed by atoms with Crippen molar-refractivity contribution in [2.75, 3.05) is 0 Å². The Balaban J connectivity index is 2.15. The van der Waals surface area contributed by atoms with Gasteiger partial charge in [-0.2, -0.15) is 5.10 Å². The van der Waals surface area contributed by atoms with Crippen molar-refractivity contribution in [2.24, 2.45) is 5.73 Å². The van der Waals surface area contributed by atoms with Gasteiger partial charge < -0.3 is 5.73 Å². The Labute approximate surface area is 95.7 Å². The molecule has 0 bridgehead atoms. The van der Waals surface area contributed by atoms with Gasteiger partial charge >= 0.3 is 0 Å². The second-order valence-corrected chi connectivity index (χ2v) is 3.98. The number of benzene rings is 1. The van der Waals surface area contributed by atoms with E-state index in [9.17, 15) is 0 Å². The molecule has 16 heavy (non-hydrogen) atoms. The van der Waals surface area contributed by atoms with Gasteiger partial charge in [0.1, 0.15) is 0 Å². The summed E-state index contributed by atoms with van der Waals surface area (Å²) in [5.41, 5.74) is 9.54. The van der Waals surface area contributed by atoms with Gasteiger partial charge in [0.2, 0.25) is 0 Å². The third-order valence-corrected chi connectivity index (χ3v) is 2.73. The van der Waals surface area contributed by atoms with E-state index >= 15 is 0 Å². The summed E-state index contributed by atoms with van der Waals surface area (Å²) in [5, 5.41) is 6.81. The third-order valence-electron chi connectivity index (χ3n) is 2.73. The normalized spacial score (nSPS) is 12.6. The Bertz CT molecular complexity index is 417. The summed E-state index contributed by atoms with van der Waals surface area (Å²) in [7, 11) is 0. The van der Waals surface area contributed by atoms with Crippen molar-refractivity contribution in [2.45, 2.75) is 25.8 Å². The Morgan fingerprint density at radius 1 is 1.25 bits per heavy atom. The predicted molar refractivity (Wildman–Crippen MR) is 65.1 cm³/mol. The lowest BCUT2D eigenvalue weighted by Crippen LogP contribution is -2.12. The second-order valence-electron chi connectivity index (χ2n) is 3.98. The highest BCUT2D eigenvalue weighted by Crippen LogP contribution is 2.18. The topological polar surface area (TPSA) is 54.7 Å². The van der Waals surface area contributed by atoms with Gasteiger partial charge in [-0.3, -0.25) is 5.10 Å². The number of aromatic nitrogens is 2. The SMILES string of the molecule is CCCc1ccc(C(N)c2ccn[nH]2)cc1. The molecule has 1 aromatic heterocycles. The largest absolute Gasteiger partial charge is 0.319 e. The summed E-state index contributed by atoms with van der Waals surface area (Å²) < 4.78 is 0. The average molecular weight is 215 g/mol. The lowest BCUT2D eigenvalue weighted by atomic mass is 10.0. The summed E-state index contributed by atoms with van der Waals surface area (Å²) in [4.78, 5) is 0. The molecule has 2 aromatic rings. The van der Waals surface area contributed by atoms with Gasteiger partial charge in [-0.15, -0.1) is 0 Å². The number of hydrogen-bond acceptors (Lipinski definition) is 2. The maximum atomic E-state index is 6.11. The summed E-state index contributed by atoms with van der Waals surface area (Å²) >= 11 is 0. The summed E-state index contributed by atoms with van der Waals surface area (Å²) in [6.07, 6.45) is 4.02. The van der Waals surface area contributed by atoms with Crippen LogP contribution >= 0.6 is 0 Å². The van der Waals surface area contributed by atoms with E-state index < -0.39 is 0 Å². The monoisotopic (exact) mass is 215 g/mol. The van der Waals surface area contributed by atoms with Crippen LogP contribution in [0.25, 0.3) is 0 Å². The standard InChI is InChI=1S/C13H17N3/c1-2-3-10-4-6-11(7-5-10)13(14)12-8-9-15-16-12/h4-9,13H,2-3,14H2,1H3,(H,15,16). The molecule has 1 unspecified atom stereocenters. The Morgan fingerprint density at radius 2 is 2.00 bits per heavy atom. The lowest BCUT2D eigenvalue weighted by molar-refractivity contribution is 0.814. The van der Waals surface area contributed by atoms with Crippen molar-refractivity contribution >= 4 is 0 Å². The van der Waals surface area contributed by atoms with E-state index in [4.69, 9.17) is 5.73 Å². The average Bonchev–Trinajstić information content (AvgIpc) is 2.83. The number of nitrogens with two attached hydrogens (primary N) is 1. The second kappa shape index (κ2) is 4.94. The first kappa shape index (κ1) is 10.9. The quantitative estimate of drug-likeness (QED) is 0.823. The number of nitrogens with zero attached hydrogens (tertiary/aromatic N) is 1. The van der Waals surface area contributed by atoms with Crippen LogP contribution in [-0.4, -0.2) is 10.2 Å². The van der Waals surface area contributed by atoms with Crippen LogP contribution in [0.1, 0.15) is 36.2 Å². The zero-order valence-electron chi connectivity index (χ0n) is 9.48. The van der Waals surface area contributed by atoms with Crippen molar-refractivity contribution in [3.63, 3.8) is 0 Å². The molecule has 0 aliphatic rings. The molecule has 1 aromatic carbocycles. The maximum Gasteiger partial charge on any atom is 0.0720 e. The highest BCUT2D eigenvalue weighted by Gasteiger charge is 2.09. The van der Waals surface area contributed by atoms with Crippen molar-refractivity contribution < 1.29 is 0 Å². The number of rotatable bonds is 4. The van der Waals surface area contributed by atoms with Crippen LogP contribution in [-0.2, 0) is 6.42 Å². The number of aromatic amines is 1. The van der Waals surface area contributed by atoms with Crippen LogP contribution in [0.5, 0.6) is 0 Å². The van der Waals surface area contributed by atoms with E-state index in [0.29, 0.717) is 0 Å². The minimum Gasteiger partial charge on any atom is -0.319 e. The molecule has 3 N–H and O–H groups in total. The molecule has 0 saturated carbocycles. The number of nitrogens with one attached hydrogen (secondary N) is 1. The fraction of sp³-hybridized carbons (Fsp3) is 0.308. The van der Waals surface area contributed by atoms with Gasteiger partial charge in [-0.25, -0.2) is 0 Å². The highest BCUT2D eigenvalue weighted by atomic mass is 15.1. The van der Waals surface area contributed by atoms with Crippen LogP contribution < -0.4 is 5.73 Å². The lowest BCUT2D eigenvalue weighted by Gasteiger charge is -2.10. The zero-order valence-corrected chi connectivity index (χ0v) is 9.48. The fourth-order valence-corrected chi connectivity index (χ4v) is 1.80. The van der Waals surface area contributed by atoms with Crippen LogP contribution in [0.4, 0.5) is 0 Å². The molecule has 0 aliphatic heterocycles. The van der Waals surface area contributed by atoms with E-state index in [0.717, 1.165) is 17.7 Å². The van der Waals surface area contributed by atoms with Crippen molar-refractivity contribution in [1.29, 1.82) is 0 Å². The Morgan fingerprint density at radius 3 is 2.56 bits per heavy atom. The van der Waals surface area contributed by atoms with E-state index in [1.54, 1.807) is 6.20 Å². The molecule has 0 saturated heterocycles. The van der Waals surface area contributed by atoms with Crippen LogP contribution in [0, 0.1) is 0 Å². The number of aryl methyl sites for hydroxylation is 1.